The minimum atomic E-state index is 0.110. The van der Waals surface area contributed by atoms with Gasteiger partial charge in [0, 0.05) is 24.2 Å². The van der Waals surface area contributed by atoms with E-state index in [1.807, 2.05) is 27.0 Å². The second-order valence-electron chi connectivity index (χ2n) is 4.35. The largest absolute Gasteiger partial charge is 0.473 e. The normalized spacial score (nSPS) is 12.9. The van der Waals surface area contributed by atoms with Gasteiger partial charge in [-0.15, -0.1) is 0 Å². The summed E-state index contributed by atoms with van der Waals surface area (Å²) in [6, 6.07) is 1.87. The van der Waals surface area contributed by atoms with E-state index in [9.17, 15) is 0 Å². The molecule has 0 radical (unpaired) electrons. The van der Waals surface area contributed by atoms with Crippen LogP contribution in [0.25, 0.3) is 0 Å². The van der Waals surface area contributed by atoms with Gasteiger partial charge in [-0.3, -0.25) is 0 Å². The summed E-state index contributed by atoms with van der Waals surface area (Å²) in [6.07, 6.45) is 0.110. The van der Waals surface area contributed by atoms with E-state index in [1.165, 1.54) is 0 Å². The lowest BCUT2D eigenvalue weighted by molar-refractivity contribution is 0.210. The second-order valence-corrected chi connectivity index (χ2v) is 4.35. The summed E-state index contributed by atoms with van der Waals surface area (Å²) in [5.74, 6) is 1.83. The number of nitrogens with one attached hydrogen (secondary N) is 1. The molecule has 16 heavy (non-hydrogen) atoms. The van der Waals surface area contributed by atoms with Crippen LogP contribution in [-0.4, -0.2) is 29.7 Å². The SMILES string of the molecule is CNCC(C)Oc1cc(C)nc(C(C)C)n1. The van der Waals surface area contributed by atoms with Gasteiger partial charge in [-0.25, -0.2) is 4.98 Å². The van der Waals surface area contributed by atoms with Crippen molar-refractivity contribution < 1.29 is 4.74 Å². The molecular weight excluding hydrogens is 202 g/mol. The molecule has 0 fully saturated rings. The van der Waals surface area contributed by atoms with Crippen LogP contribution in [0.5, 0.6) is 5.88 Å². The Kier molecular flexibility index (Phi) is 4.68. The zero-order chi connectivity index (χ0) is 12.1. The van der Waals surface area contributed by atoms with Gasteiger partial charge in [-0.05, 0) is 20.9 Å². The van der Waals surface area contributed by atoms with Crippen molar-refractivity contribution in [2.24, 2.45) is 0 Å². The fraction of sp³-hybridized carbons (Fsp3) is 0.667. The van der Waals surface area contributed by atoms with Gasteiger partial charge in [0.25, 0.3) is 0 Å². The summed E-state index contributed by atoms with van der Waals surface area (Å²) >= 11 is 0. The second kappa shape index (κ2) is 5.80. The molecule has 0 aliphatic carbocycles. The first-order valence-electron chi connectivity index (χ1n) is 5.69. The predicted molar refractivity (Wildman–Crippen MR) is 64.9 cm³/mol. The zero-order valence-corrected chi connectivity index (χ0v) is 10.7. The molecule has 0 saturated heterocycles. The van der Waals surface area contributed by atoms with Gasteiger partial charge in [0.15, 0.2) is 0 Å². The molecule has 0 saturated carbocycles. The summed E-state index contributed by atoms with van der Waals surface area (Å²) < 4.78 is 5.71. The van der Waals surface area contributed by atoms with Crippen LogP contribution in [0, 0.1) is 6.92 Å². The monoisotopic (exact) mass is 223 g/mol. The molecule has 1 aromatic heterocycles. The van der Waals surface area contributed by atoms with Crippen LogP contribution >= 0.6 is 0 Å². The molecule has 0 spiro atoms. The number of aryl methyl sites for hydroxylation is 1. The Morgan fingerprint density at radius 2 is 2.00 bits per heavy atom. The van der Waals surface area contributed by atoms with Crippen LogP contribution < -0.4 is 10.1 Å². The van der Waals surface area contributed by atoms with E-state index in [4.69, 9.17) is 4.74 Å². The van der Waals surface area contributed by atoms with Gasteiger partial charge in [-0.1, -0.05) is 13.8 Å². The van der Waals surface area contributed by atoms with Crippen molar-refractivity contribution in [2.75, 3.05) is 13.6 Å². The summed E-state index contributed by atoms with van der Waals surface area (Å²) in [5.41, 5.74) is 0.949. The van der Waals surface area contributed by atoms with Crippen LogP contribution in [0.15, 0.2) is 6.07 Å². The lowest BCUT2D eigenvalue weighted by atomic mass is 10.2. The Morgan fingerprint density at radius 3 is 2.56 bits per heavy atom. The molecule has 1 N–H and O–H groups in total. The average Bonchev–Trinajstić information content (AvgIpc) is 2.16. The maximum atomic E-state index is 5.71. The molecule has 1 atom stereocenters. The molecule has 1 heterocycles. The first-order chi connectivity index (χ1) is 7.52. The minimum absolute atomic E-state index is 0.110. The summed E-state index contributed by atoms with van der Waals surface area (Å²) in [7, 11) is 1.91. The number of nitrogens with zero attached hydrogens (tertiary/aromatic N) is 2. The highest BCUT2D eigenvalue weighted by Gasteiger charge is 2.09. The molecule has 4 heteroatoms. The lowest BCUT2D eigenvalue weighted by Gasteiger charge is -2.15. The van der Waals surface area contributed by atoms with Crippen LogP contribution in [0.3, 0.4) is 0 Å². The van der Waals surface area contributed by atoms with Gasteiger partial charge < -0.3 is 10.1 Å². The van der Waals surface area contributed by atoms with E-state index in [0.717, 1.165) is 18.1 Å². The van der Waals surface area contributed by atoms with Crippen molar-refractivity contribution in [2.45, 2.75) is 39.7 Å². The first kappa shape index (κ1) is 12.9. The van der Waals surface area contributed by atoms with Crippen molar-refractivity contribution in [1.29, 1.82) is 0 Å². The smallest absolute Gasteiger partial charge is 0.217 e. The number of likely N-dealkylation sites (N-methyl/N-ethyl adjacent to an activating group) is 1. The molecule has 4 nitrogen and oxygen atoms in total. The topological polar surface area (TPSA) is 47.0 Å². The van der Waals surface area contributed by atoms with Crippen LogP contribution in [-0.2, 0) is 0 Å². The Hall–Kier alpha value is -1.16. The van der Waals surface area contributed by atoms with E-state index in [-0.39, 0.29) is 6.10 Å². The van der Waals surface area contributed by atoms with Crippen molar-refractivity contribution in [1.82, 2.24) is 15.3 Å². The third-order valence-electron chi connectivity index (χ3n) is 2.18. The van der Waals surface area contributed by atoms with Gasteiger partial charge in [0.2, 0.25) is 5.88 Å². The maximum Gasteiger partial charge on any atom is 0.217 e. The quantitative estimate of drug-likeness (QED) is 0.828. The average molecular weight is 223 g/mol. The third-order valence-corrected chi connectivity index (χ3v) is 2.18. The van der Waals surface area contributed by atoms with Gasteiger partial charge >= 0.3 is 0 Å². The Labute approximate surface area is 97.5 Å². The zero-order valence-electron chi connectivity index (χ0n) is 10.7. The van der Waals surface area contributed by atoms with Crippen LogP contribution in [0.2, 0.25) is 0 Å². The Morgan fingerprint density at radius 1 is 1.31 bits per heavy atom. The van der Waals surface area contributed by atoms with Gasteiger partial charge in [-0.2, -0.15) is 4.98 Å². The Bertz CT molecular complexity index is 339. The van der Waals surface area contributed by atoms with Gasteiger partial charge in [0.05, 0.1) is 0 Å². The highest BCUT2D eigenvalue weighted by Crippen LogP contribution is 2.16. The number of aromatic nitrogens is 2. The standard InChI is InChI=1S/C12H21N3O/c1-8(2)12-14-9(3)6-11(15-12)16-10(4)7-13-5/h6,8,10,13H,7H2,1-5H3. The predicted octanol–water partition coefficient (Wildman–Crippen LogP) is 1.90. The molecule has 1 rings (SSSR count). The van der Waals surface area contributed by atoms with Crippen molar-refractivity contribution >= 4 is 0 Å². The fourth-order valence-electron chi connectivity index (χ4n) is 1.42. The molecule has 0 aliphatic heterocycles. The van der Waals surface area contributed by atoms with Crippen LogP contribution in [0.4, 0.5) is 0 Å². The minimum Gasteiger partial charge on any atom is -0.473 e. The maximum absolute atomic E-state index is 5.71. The highest BCUT2D eigenvalue weighted by molar-refractivity contribution is 5.16. The van der Waals surface area contributed by atoms with E-state index >= 15 is 0 Å². The molecular formula is C12H21N3O. The van der Waals surface area contributed by atoms with Crippen molar-refractivity contribution in [3.8, 4) is 5.88 Å². The molecule has 1 unspecified atom stereocenters. The lowest BCUT2D eigenvalue weighted by Crippen LogP contribution is -2.26. The summed E-state index contributed by atoms with van der Waals surface area (Å²) in [5, 5.41) is 3.07. The van der Waals surface area contributed by atoms with Crippen LogP contribution in [0.1, 0.15) is 38.2 Å². The molecule has 0 bridgehead atoms. The van der Waals surface area contributed by atoms with Crippen molar-refractivity contribution in [3.63, 3.8) is 0 Å². The molecule has 1 aromatic rings. The number of rotatable bonds is 5. The molecule has 0 aliphatic rings. The molecule has 0 amide bonds. The van der Waals surface area contributed by atoms with E-state index in [2.05, 4.69) is 29.1 Å². The summed E-state index contributed by atoms with van der Waals surface area (Å²) in [6.45, 7) is 8.94. The van der Waals surface area contributed by atoms with Gasteiger partial charge in [0.1, 0.15) is 11.9 Å². The number of hydrogen-bond acceptors (Lipinski definition) is 4. The third kappa shape index (κ3) is 3.77. The number of ether oxygens (including phenoxy) is 1. The number of hydrogen-bond donors (Lipinski definition) is 1. The van der Waals surface area contributed by atoms with Crippen molar-refractivity contribution in [3.05, 3.63) is 17.6 Å². The molecule has 0 aromatic carbocycles. The summed E-state index contributed by atoms with van der Waals surface area (Å²) in [4.78, 5) is 8.77. The fourth-order valence-corrected chi connectivity index (χ4v) is 1.42. The van der Waals surface area contributed by atoms with E-state index < -0.39 is 0 Å². The van der Waals surface area contributed by atoms with E-state index in [0.29, 0.717) is 11.8 Å². The highest BCUT2D eigenvalue weighted by atomic mass is 16.5. The van der Waals surface area contributed by atoms with E-state index in [1.54, 1.807) is 0 Å². The Balaban J connectivity index is 2.80. The first-order valence-corrected chi connectivity index (χ1v) is 5.69. The molecule has 90 valence electrons.